The fourth-order valence-electron chi connectivity index (χ4n) is 3.84. The van der Waals surface area contributed by atoms with Crippen molar-refractivity contribution >= 4 is 5.69 Å². The van der Waals surface area contributed by atoms with Crippen LogP contribution in [0.2, 0.25) is 0 Å². The number of nitrogens with one attached hydrogen (secondary N) is 1. The van der Waals surface area contributed by atoms with Crippen molar-refractivity contribution in [2.75, 3.05) is 6.54 Å². The second kappa shape index (κ2) is 8.68. The van der Waals surface area contributed by atoms with Crippen LogP contribution in [0.3, 0.4) is 0 Å². The van der Waals surface area contributed by atoms with Crippen molar-refractivity contribution in [2.24, 2.45) is 0 Å². The quantitative estimate of drug-likeness (QED) is 0.510. The molecular weight excluding hydrogens is 376 g/mol. The summed E-state index contributed by atoms with van der Waals surface area (Å²) in [6.45, 7) is 13.2. The first-order valence-electron chi connectivity index (χ1n) is 11.1. The molecule has 0 aliphatic heterocycles. The molecule has 0 spiro atoms. The van der Waals surface area contributed by atoms with E-state index in [1.807, 2.05) is 32.0 Å². The molecule has 3 aromatic rings. The number of benzene rings is 2. The van der Waals surface area contributed by atoms with Gasteiger partial charge in [-0.2, -0.15) is 4.98 Å². The number of ether oxygens (including phenoxy) is 1. The van der Waals surface area contributed by atoms with Gasteiger partial charge in [-0.25, -0.2) is 4.85 Å². The Kier molecular flexibility index (Phi) is 5.11. The smallest absolute Gasteiger partial charge is 0.256 e. The summed E-state index contributed by atoms with van der Waals surface area (Å²) in [4.78, 5) is 8.17. The zero-order valence-corrected chi connectivity index (χ0v) is 17.4. The summed E-state index contributed by atoms with van der Waals surface area (Å²) in [5, 5.41) is 7.54. The molecule has 2 aromatic carbocycles. The van der Waals surface area contributed by atoms with Gasteiger partial charge in [0.25, 0.3) is 5.89 Å². The Labute approximate surface area is 179 Å². The van der Waals surface area contributed by atoms with Crippen LogP contribution >= 0.6 is 0 Å². The number of fused-ring (bicyclic) bond motifs is 1. The molecule has 6 nitrogen and oxygen atoms in total. The molecular formula is C24H26N4O2. The lowest BCUT2D eigenvalue weighted by molar-refractivity contribution is 0.244. The predicted molar refractivity (Wildman–Crippen MR) is 117 cm³/mol. The molecule has 1 aromatic heterocycles. The minimum absolute atomic E-state index is 0.0224. The van der Waals surface area contributed by atoms with E-state index in [0.717, 1.165) is 29.5 Å². The molecule has 0 amide bonds. The van der Waals surface area contributed by atoms with Crippen LogP contribution in [0.15, 0.2) is 40.9 Å². The van der Waals surface area contributed by atoms with Crippen LogP contribution in [-0.2, 0) is 6.42 Å². The van der Waals surface area contributed by atoms with Crippen molar-refractivity contribution in [1.82, 2.24) is 15.5 Å². The molecule has 0 bridgehead atoms. The van der Waals surface area contributed by atoms with Gasteiger partial charge in [-0.1, -0.05) is 30.3 Å². The van der Waals surface area contributed by atoms with Crippen molar-refractivity contribution in [3.8, 4) is 28.6 Å². The molecule has 0 fully saturated rings. The van der Waals surface area contributed by atoms with Crippen molar-refractivity contribution < 1.29 is 12.0 Å². The number of rotatable bonds is 7. The molecule has 4 rings (SSSR count). The number of hydrogen-bond donors (Lipinski definition) is 1. The Balaban J connectivity index is 1.60. The summed E-state index contributed by atoms with van der Waals surface area (Å²) in [7, 11) is 0. The predicted octanol–water partition coefficient (Wildman–Crippen LogP) is 5.73. The average Bonchev–Trinajstić information content (AvgIpc) is 3.39. The van der Waals surface area contributed by atoms with E-state index in [0.29, 0.717) is 35.3 Å². The lowest BCUT2D eigenvalue weighted by Gasteiger charge is -2.13. The Hall–Kier alpha value is -3.17. The van der Waals surface area contributed by atoms with E-state index in [9.17, 15) is 0 Å². The molecule has 0 saturated heterocycles. The normalized spacial score (nSPS) is 16.7. The standard InChI is InChI=1S/C24H26N4O2/c1-5-13-26-20-11-10-17-18(20)7-6-8-19(17)23-27-24(30-28-23)16-9-12-22(29-15(2)3)21(14-16)25-4/h6-9,12,14-15,20,26H,5,10-11,13H2,1-3H3/t20-/m0/s1/i5D2. The van der Waals surface area contributed by atoms with Gasteiger partial charge in [0.1, 0.15) is 5.75 Å². The van der Waals surface area contributed by atoms with Gasteiger partial charge in [0.2, 0.25) is 11.5 Å². The Morgan fingerprint density at radius 1 is 1.37 bits per heavy atom. The van der Waals surface area contributed by atoms with E-state index in [1.165, 1.54) is 0 Å². The lowest BCUT2D eigenvalue weighted by atomic mass is 10.0. The fraction of sp³-hybridized carbons (Fsp3) is 0.375. The first kappa shape index (κ1) is 17.7. The molecule has 0 unspecified atom stereocenters. The highest BCUT2D eigenvalue weighted by atomic mass is 16.5. The largest absolute Gasteiger partial charge is 0.502 e. The second-order valence-electron chi connectivity index (χ2n) is 7.58. The summed E-state index contributed by atoms with van der Waals surface area (Å²) >= 11 is 0. The van der Waals surface area contributed by atoms with Crippen molar-refractivity contribution in [3.63, 3.8) is 0 Å². The minimum atomic E-state index is -1.26. The van der Waals surface area contributed by atoms with Gasteiger partial charge < -0.3 is 14.6 Å². The Morgan fingerprint density at radius 2 is 2.23 bits per heavy atom. The highest BCUT2D eigenvalue weighted by Crippen LogP contribution is 2.38. The highest BCUT2D eigenvalue weighted by molar-refractivity contribution is 5.70. The van der Waals surface area contributed by atoms with E-state index < -0.39 is 6.37 Å². The molecule has 1 aliphatic carbocycles. The van der Waals surface area contributed by atoms with Gasteiger partial charge in [0, 0.05) is 19.9 Å². The summed E-state index contributed by atoms with van der Waals surface area (Å²) in [6, 6.07) is 11.4. The number of hydrogen-bond acceptors (Lipinski definition) is 5. The van der Waals surface area contributed by atoms with Crippen molar-refractivity contribution in [1.29, 1.82) is 0 Å². The Morgan fingerprint density at radius 3 is 3.00 bits per heavy atom. The van der Waals surface area contributed by atoms with Crippen LogP contribution in [0.4, 0.5) is 5.69 Å². The van der Waals surface area contributed by atoms with Crippen LogP contribution in [-0.4, -0.2) is 22.8 Å². The third-order valence-corrected chi connectivity index (χ3v) is 5.15. The summed E-state index contributed by atoms with van der Waals surface area (Å²) in [6.07, 6.45) is 0.482. The maximum absolute atomic E-state index is 7.76. The molecule has 0 radical (unpaired) electrons. The van der Waals surface area contributed by atoms with Crippen LogP contribution in [0.25, 0.3) is 27.7 Å². The molecule has 30 heavy (non-hydrogen) atoms. The van der Waals surface area contributed by atoms with Gasteiger partial charge >= 0.3 is 0 Å². The van der Waals surface area contributed by atoms with E-state index in [1.54, 1.807) is 19.1 Å². The highest BCUT2D eigenvalue weighted by Gasteiger charge is 2.26. The van der Waals surface area contributed by atoms with Crippen molar-refractivity contribution in [3.05, 3.63) is 58.9 Å². The molecule has 6 heteroatoms. The first-order chi connectivity index (χ1) is 15.2. The molecule has 1 N–H and O–H groups in total. The average molecular weight is 405 g/mol. The van der Waals surface area contributed by atoms with Crippen LogP contribution in [0.1, 0.15) is 53.5 Å². The topological polar surface area (TPSA) is 64.5 Å². The van der Waals surface area contributed by atoms with E-state index in [2.05, 4.69) is 26.4 Å². The zero-order valence-electron chi connectivity index (χ0n) is 19.4. The molecule has 1 atom stereocenters. The van der Waals surface area contributed by atoms with Gasteiger partial charge in [-0.15, -0.1) is 0 Å². The second-order valence-corrected chi connectivity index (χ2v) is 7.58. The summed E-state index contributed by atoms with van der Waals surface area (Å²) in [5.74, 6) is 1.40. The first-order valence-corrected chi connectivity index (χ1v) is 10.1. The molecule has 1 aliphatic rings. The van der Waals surface area contributed by atoms with Gasteiger partial charge in [-0.05, 0) is 68.9 Å². The van der Waals surface area contributed by atoms with E-state index in [4.69, 9.17) is 18.6 Å². The van der Waals surface area contributed by atoms with Gasteiger partial charge in [-0.3, -0.25) is 0 Å². The zero-order chi connectivity index (χ0) is 22.9. The third-order valence-electron chi connectivity index (χ3n) is 5.15. The van der Waals surface area contributed by atoms with E-state index in [-0.39, 0.29) is 12.1 Å². The maximum atomic E-state index is 7.76. The van der Waals surface area contributed by atoms with E-state index >= 15 is 0 Å². The molecule has 154 valence electrons. The van der Waals surface area contributed by atoms with Crippen LogP contribution in [0.5, 0.6) is 5.75 Å². The Bertz CT molecular complexity index is 1160. The molecule has 0 saturated carbocycles. The number of nitrogens with zero attached hydrogens (tertiary/aromatic N) is 3. The monoisotopic (exact) mass is 404 g/mol. The van der Waals surface area contributed by atoms with Crippen molar-refractivity contribution in [2.45, 2.75) is 52.1 Å². The fourth-order valence-corrected chi connectivity index (χ4v) is 3.84. The SMILES string of the molecule is [2H]C([2H])(C)CN[C@H]1CCc2c(-c3noc(-c4ccc(OC(C)C)c([N+]#[C-])c4)n3)cccc21. The summed E-state index contributed by atoms with van der Waals surface area (Å²) < 4.78 is 26.8. The lowest BCUT2D eigenvalue weighted by Crippen LogP contribution is -2.19. The number of aromatic nitrogens is 2. The summed E-state index contributed by atoms with van der Waals surface area (Å²) in [5.41, 5.74) is 4.32. The molecule has 1 heterocycles. The maximum Gasteiger partial charge on any atom is 0.256 e. The minimum Gasteiger partial charge on any atom is -0.502 e. The van der Waals surface area contributed by atoms with Gasteiger partial charge in [0.05, 0.1) is 12.7 Å². The van der Waals surface area contributed by atoms with Crippen LogP contribution in [0, 0.1) is 6.57 Å². The third kappa shape index (κ3) is 3.94. The van der Waals surface area contributed by atoms with Crippen LogP contribution < -0.4 is 10.1 Å². The van der Waals surface area contributed by atoms with Gasteiger partial charge in [0.15, 0.2) is 0 Å².